The molecule has 7 aliphatic rings. The van der Waals surface area contributed by atoms with Crippen LogP contribution < -0.4 is 5.32 Å². The zero-order chi connectivity index (χ0) is 37.6. The summed E-state index contributed by atoms with van der Waals surface area (Å²) in [5, 5.41) is 3.71. The van der Waals surface area contributed by atoms with Crippen molar-refractivity contribution in [2.75, 3.05) is 0 Å². The van der Waals surface area contributed by atoms with Crippen LogP contribution in [-0.2, 0) is 5.41 Å². The monoisotopic (exact) mass is 724 g/mol. The molecule has 0 fully saturated rings. The number of benzene rings is 2. The molecule has 0 bridgehead atoms. The predicted molar refractivity (Wildman–Crippen MR) is 232 cm³/mol. The van der Waals surface area contributed by atoms with E-state index >= 15 is 0 Å². The molecule has 0 saturated heterocycles. The first-order valence-corrected chi connectivity index (χ1v) is 20.6. The Morgan fingerprint density at radius 3 is 2.64 bits per heavy atom. The molecule has 0 amide bonds. The van der Waals surface area contributed by atoms with E-state index in [0.29, 0.717) is 23.7 Å². The lowest BCUT2D eigenvalue weighted by Crippen LogP contribution is -2.35. The van der Waals surface area contributed by atoms with Crippen molar-refractivity contribution in [3.63, 3.8) is 0 Å². The van der Waals surface area contributed by atoms with Crippen molar-refractivity contribution in [1.29, 1.82) is 0 Å². The zero-order valence-electron chi connectivity index (χ0n) is 32.2. The van der Waals surface area contributed by atoms with Gasteiger partial charge in [-0.2, -0.15) is 0 Å². The van der Waals surface area contributed by atoms with Gasteiger partial charge in [0, 0.05) is 34.9 Å². The second kappa shape index (κ2) is 14.3. The maximum atomic E-state index is 5.33. The van der Waals surface area contributed by atoms with E-state index in [9.17, 15) is 0 Å². The maximum absolute atomic E-state index is 5.33. The van der Waals surface area contributed by atoms with Crippen molar-refractivity contribution in [2.45, 2.75) is 74.7 Å². The van der Waals surface area contributed by atoms with Crippen LogP contribution in [0, 0.1) is 18.1 Å². The SMILES string of the molecule is C=C/C=C\C1=C(C)C2(C3=CC=CCC3c3ccccc32)C2=C1C=C[C@@H](c1cccc(C3C=CC(C4C=C(c5cc#ccc5)NC(C5CC=CCC5)=N4)=CC3)c1)C2. The number of amidine groups is 1. The second-order valence-electron chi connectivity index (χ2n) is 16.3. The third-order valence-electron chi connectivity index (χ3n) is 13.4. The first-order valence-electron chi connectivity index (χ1n) is 20.6. The number of hydrogen-bond acceptors (Lipinski definition) is 2. The molecule has 274 valence electrons. The third-order valence-corrected chi connectivity index (χ3v) is 13.4. The third kappa shape index (κ3) is 5.67. The first kappa shape index (κ1) is 34.6. The van der Waals surface area contributed by atoms with Gasteiger partial charge in [0.05, 0.1) is 11.5 Å². The van der Waals surface area contributed by atoms with E-state index in [4.69, 9.17) is 4.99 Å². The van der Waals surface area contributed by atoms with Crippen LogP contribution in [0.4, 0.5) is 0 Å². The van der Waals surface area contributed by atoms with E-state index in [1.54, 1.807) is 11.1 Å². The molecular weight excluding hydrogens is 677 g/mol. The average Bonchev–Trinajstić information content (AvgIpc) is 3.71. The molecule has 6 atom stereocenters. The molecule has 1 aliphatic heterocycles. The van der Waals surface area contributed by atoms with Crippen LogP contribution in [0.1, 0.15) is 91.0 Å². The molecule has 56 heavy (non-hydrogen) atoms. The molecule has 6 aliphatic carbocycles. The Morgan fingerprint density at radius 2 is 1.82 bits per heavy atom. The second-order valence-corrected chi connectivity index (χ2v) is 16.3. The van der Waals surface area contributed by atoms with Gasteiger partial charge in [0.1, 0.15) is 5.84 Å². The van der Waals surface area contributed by atoms with Crippen LogP contribution in [0.2, 0.25) is 0 Å². The number of nitrogens with one attached hydrogen (secondary N) is 1. The molecule has 2 heteroatoms. The number of allylic oxidation sites excluding steroid dienone is 17. The fraction of sp³-hybridized carbons (Fsp3) is 0.241. The number of rotatable bonds is 7. The Hall–Kier alpha value is -5.91. The van der Waals surface area contributed by atoms with E-state index in [2.05, 4.69) is 165 Å². The highest BCUT2D eigenvalue weighted by Gasteiger charge is 2.55. The van der Waals surface area contributed by atoms with Crippen molar-refractivity contribution in [3.8, 4) is 0 Å². The summed E-state index contributed by atoms with van der Waals surface area (Å²) in [7, 11) is 0. The van der Waals surface area contributed by atoms with Gasteiger partial charge in [-0.1, -0.05) is 146 Å². The van der Waals surface area contributed by atoms with E-state index in [1.165, 1.54) is 44.5 Å². The lowest BCUT2D eigenvalue weighted by atomic mass is 9.64. The van der Waals surface area contributed by atoms with Gasteiger partial charge < -0.3 is 5.32 Å². The fourth-order valence-corrected chi connectivity index (χ4v) is 10.7. The molecule has 1 N–H and O–H groups in total. The summed E-state index contributed by atoms with van der Waals surface area (Å²) in [6.07, 6.45) is 38.7. The molecule has 2 nitrogen and oxygen atoms in total. The largest absolute Gasteiger partial charge is 0.343 e. The van der Waals surface area contributed by atoms with Crippen molar-refractivity contribution in [2.24, 2.45) is 10.9 Å². The molecule has 0 radical (unpaired) electrons. The highest BCUT2D eigenvalue weighted by Crippen LogP contribution is 2.66. The molecule has 10 rings (SSSR count). The highest BCUT2D eigenvalue weighted by molar-refractivity contribution is 5.95. The summed E-state index contributed by atoms with van der Waals surface area (Å²) in [6.45, 7) is 6.40. The summed E-state index contributed by atoms with van der Waals surface area (Å²) in [6, 6.07) is 31.0. The minimum absolute atomic E-state index is 0.00757. The highest BCUT2D eigenvalue weighted by atomic mass is 15.0. The van der Waals surface area contributed by atoms with Gasteiger partial charge in [0.2, 0.25) is 0 Å². The molecule has 0 saturated carbocycles. The van der Waals surface area contributed by atoms with E-state index < -0.39 is 0 Å². The van der Waals surface area contributed by atoms with Gasteiger partial charge in [0.15, 0.2) is 0 Å². The van der Waals surface area contributed by atoms with Crippen LogP contribution in [-0.4, -0.2) is 11.9 Å². The number of nitrogens with zero attached hydrogens (tertiary/aromatic N) is 1. The van der Waals surface area contributed by atoms with Crippen molar-refractivity contribution >= 4 is 11.5 Å². The van der Waals surface area contributed by atoms with Crippen LogP contribution in [0.15, 0.2) is 197 Å². The normalized spacial score (nSPS) is 28.6. The fourth-order valence-electron chi connectivity index (χ4n) is 10.7. The summed E-state index contributed by atoms with van der Waals surface area (Å²) in [5.41, 5.74) is 16.4. The summed E-state index contributed by atoms with van der Waals surface area (Å²) in [5.74, 6) is 2.59. The number of hydrogen-bond donors (Lipinski definition) is 1. The van der Waals surface area contributed by atoms with Gasteiger partial charge in [-0.3, -0.25) is 4.99 Å². The number of fused-ring (bicyclic) bond motifs is 6. The van der Waals surface area contributed by atoms with E-state index in [0.717, 1.165) is 55.6 Å². The standard InChI is InChI=1S/C54H48N2/c1-3-4-22-44-36(2)54(48-25-13-11-23-45(48)46-24-12-14-26-49(46)54)50-34-43(31-32-47(44)50)42-21-15-20-41(33-42)37-27-29-39(30-28-37)52-35-51(38-16-7-5-8-17-38)55-53(56-52)40-18-9-6-10-19-40/h3-4,6-7,9,11-17,20-23,25-27,29-33,35,37,40,43,46,52H,1,10,18-19,24,28,34H2,2H3,(H,55,56)/b22-4-/t37?,40?,43-,46?,52?,54?/m1/s1. The first-order chi connectivity index (χ1) is 27.6. The lowest BCUT2D eigenvalue weighted by Gasteiger charge is -2.37. The van der Waals surface area contributed by atoms with Gasteiger partial charge in [-0.25, -0.2) is 0 Å². The molecule has 0 aromatic heterocycles. The van der Waals surface area contributed by atoms with Crippen molar-refractivity contribution in [1.82, 2.24) is 5.32 Å². The smallest absolute Gasteiger partial charge is 0.105 e. The van der Waals surface area contributed by atoms with Crippen LogP contribution in [0.5, 0.6) is 0 Å². The topological polar surface area (TPSA) is 24.4 Å². The Labute approximate surface area is 333 Å². The van der Waals surface area contributed by atoms with Crippen LogP contribution in [0.25, 0.3) is 5.70 Å². The number of aliphatic imine (C=N–C) groups is 1. The summed E-state index contributed by atoms with van der Waals surface area (Å²) in [4.78, 5) is 5.33. The molecule has 1 heterocycles. The summed E-state index contributed by atoms with van der Waals surface area (Å²) < 4.78 is 0. The zero-order valence-corrected chi connectivity index (χ0v) is 32.2. The van der Waals surface area contributed by atoms with Crippen molar-refractivity contribution < 1.29 is 0 Å². The van der Waals surface area contributed by atoms with Gasteiger partial charge >= 0.3 is 0 Å². The molecule has 3 aromatic rings. The minimum atomic E-state index is -0.202. The molecular formula is C54H48N2. The quantitative estimate of drug-likeness (QED) is 0.190. The maximum Gasteiger partial charge on any atom is 0.105 e. The molecule has 3 aromatic carbocycles. The van der Waals surface area contributed by atoms with Gasteiger partial charge in [-0.15, -0.1) is 0 Å². The van der Waals surface area contributed by atoms with Crippen molar-refractivity contribution in [3.05, 3.63) is 232 Å². The Balaban J connectivity index is 0.937. The average molecular weight is 725 g/mol. The lowest BCUT2D eigenvalue weighted by molar-refractivity contribution is 0.599. The summed E-state index contributed by atoms with van der Waals surface area (Å²) >= 11 is 0. The Bertz CT molecular complexity index is 2450. The molecule has 5 unspecified atom stereocenters. The minimum Gasteiger partial charge on any atom is -0.343 e. The van der Waals surface area contributed by atoms with Gasteiger partial charge in [-0.05, 0) is 125 Å². The molecule has 1 spiro atoms. The van der Waals surface area contributed by atoms with Gasteiger partial charge in [0.25, 0.3) is 0 Å². The predicted octanol–water partition coefficient (Wildman–Crippen LogP) is 12.4. The van der Waals surface area contributed by atoms with E-state index in [1.807, 2.05) is 18.2 Å². The Kier molecular flexibility index (Phi) is 8.83. The Morgan fingerprint density at radius 1 is 0.929 bits per heavy atom. The van der Waals surface area contributed by atoms with Crippen LogP contribution in [0.3, 0.4) is 0 Å². The van der Waals surface area contributed by atoms with E-state index in [-0.39, 0.29) is 11.5 Å². The van der Waals surface area contributed by atoms with Crippen LogP contribution >= 0.6 is 0 Å².